The van der Waals surface area contributed by atoms with Gasteiger partial charge in [-0.1, -0.05) is 26.0 Å². The summed E-state index contributed by atoms with van der Waals surface area (Å²) >= 11 is 0. The molecule has 1 spiro atoms. The summed E-state index contributed by atoms with van der Waals surface area (Å²) in [5.74, 6) is 0.989. The number of ketones is 1. The number of fused-ring (bicyclic) bond motifs is 6. The lowest BCUT2D eigenvalue weighted by atomic mass is 9.47. The number of ether oxygens (including phenoxy) is 1. The molecule has 140 valence electrons. The fourth-order valence-corrected chi connectivity index (χ4v) is 7.41. The molecule has 1 N–H and O–H groups in total. The lowest BCUT2D eigenvalue weighted by Crippen LogP contribution is -2.58. The number of aliphatic hydroxyl groups is 1. The Morgan fingerprint density at radius 2 is 1.96 bits per heavy atom. The molecule has 0 bridgehead atoms. The third kappa shape index (κ3) is 1.89. The molecule has 7 atom stereocenters. The van der Waals surface area contributed by atoms with Gasteiger partial charge < -0.3 is 9.84 Å². The van der Waals surface area contributed by atoms with Gasteiger partial charge in [-0.05, 0) is 61.0 Å². The van der Waals surface area contributed by atoms with Crippen LogP contribution in [-0.4, -0.2) is 28.6 Å². The van der Waals surface area contributed by atoms with Gasteiger partial charge in [-0.3, -0.25) is 9.59 Å². The largest absolute Gasteiger partial charge is 0.458 e. The van der Waals surface area contributed by atoms with E-state index in [0.717, 1.165) is 31.3 Å². The van der Waals surface area contributed by atoms with Crippen molar-refractivity contribution in [2.24, 2.45) is 28.6 Å². The number of hydrogen-bond donors (Lipinski definition) is 1. The second kappa shape index (κ2) is 5.09. The Kier molecular flexibility index (Phi) is 3.28. The molecule has 0 amide bonds. The molecule has 5 aliphatic rings. The van der Waals surface area contributed by atoms with Crippen LogP contribution in [0.1, 0.15) is 58.8 Å². The minimum atomic E-state index is -0.429. The fourth-order valence-electron chi connectivity index (χ4n) is 7.41. The first-order valence-corrected chi connectivity index (χ1v) is 10.1. The lowest BCUT2D eigenvalue weighted by Gasteiger charge is -2.58. The van der Waals surface area contributed by atoms with Gasteiger partial charge in [0.25, 0.3) is 0 Å². The van der Waals surface area contributed by atoms with Crippen LogP contribution in [0.3, 0.4) is 0 Å². The SMILES string of the molecule is C[C@]12CCC(=O)C=C1C=C[C@@H]1C2[C@H](O)C[C@@]2(C)[C@H]1CC[C@@]21CCC(=O)O1. The van der Waals surface area contributed by atoms with E-state index in [0.29, 0.717) is 25.2 Å². The molecule has 0 aromatic heterocycles. The summed E-state index contributed by atoms with van der Waals surface area (Å²) < 4.78 is 5.93. The predicted molar refractivity (Wildman–Crippen MR) is 96.1 cm³/mol. The lowest BCUT2D eigenvalue weighted by molar-refractivity contribution is -0.177. The number of carbonyl (C=O) groups is 2. The Morgan fingerprint density at radius 3 is 2.69 bits per heavy atom. The topological polar surface area (TPSA) is 63.6 Å². The second-order valence-corrected chi connectivity index (χ2v) is 9.75. The first-order valence-electron chi connectivity index (χ1n) is 10.1. The minimum absolute atomic E-state index is 0.0781. The summed E-state index contributed by atoms with van der Waals surface area (Å²) in [5, 5.41) is 11.3. The summed E-state index contributed by atoms with van der Waals surface area (Å²) in [4.78, 5) is 23.8. The van der Waals surface area contributed by atoms with Crippen LogP contribution in [-0.2, 0) is 14.3 Å². The van der Waals surface area contributed by atoms with E-state index in [9.17, 15) is 14.7 Å². The molecular formula is C22H28O4. The molecule has 4 nitrogen and oxygen atoms in total. The van der Waals surface area contributed by atoms with Crippen LogP contribution in [0.2, 0.25) is 0 Å². The molecule has 4 heteroatoms. The first kappa shape index (κ1) is 16.7. The summed E-state index contributed by atoms with van der Waals surface area (Å²) in [6.45, 7) is 4.48. The molecule has 3 fully saturated rings. The highest BCUT2D eigenvalue weighted by atomic mass is 16.6. The van der Waals surface area contributed by atoms with E-state index in [1.54, 1.807) is 6.08 Å². The average molecular weight is 356 g/mol. The number of esters is 1. The van der Waals surface area contributed by atoms with Gasteiger partial charge in [-0.25, -0.2) is 0 Å². The van der Waals surface area contributed by atoms with E-state index >= 15 is 0 Å². The van der Waals surface area contributed by atoms with Crippen molar-refractivity contribution in [3.05, 3.63) is 23.8 Å². The van der Waals surface area contributed by atoms with Gasteiger partial charge in [0.2, 0.25) is 0 Å². The summed E-state index contributed by atoms with van der Waals surface area (Å²) in [6, 6.07) is 0. The second-order valence-electron chi connectivity index (χ2n) is 9.75. The van der Waals surface area contributed by atoms with Crippen LogP contribution in [0.15, 0.2) is 23.8 Å². The molecule has 4 aliphatic carbocycles. The third-order valence-corrected chi connectivity index (χ3v) is 8.79. The highest BCUT2D eigenvalue weighted by Gasteiger charge is 2.68. The van der Waals surface area contributed by atoms with Crippen LogP contribution in [0.5, 0.6) is 0 Å². The highest BCUT2D eigenvalue weighted by molar-refractivity contribution is 5.92. The number of aliphatic hydroxyl groups excluding tert-OH is 1. The Hall–Kier alpha value is -1.42. The zero-order valence-corrected chi connectivity index (χ0v) is 15.7. The Bertz CT molecular complexity index is 751. The van der Waals surface area contributed by atoms with Gasteiger partial charge in [0, 0.05) is 24.2 Å². The van der Waals surface area contributed by atoms with Crippen LogP contribution < -0.4 is 0 Å². The van der Waals surface area contributed by atoms with E-state index in [2.05, 4.69) is 26.0 Å². The average Bonchev–Trinajstić information content (AvgIpc) is 3.09. The van der Waals surface area contributed by atoms with Crippen LogP contribution >= 0.6 is 0 Å². The standard InChI is InChI=1S/C22H28O4/c1-20-8-5-14(23)11-13(20)3-4-15-16-6-9-22(10-7-18(25)26-22)21(16,2)12-17(24)19(15)20/h3-4,11,15-17,19,24H,5-10,12H2,1-2H3/t15-,16-,17+,19?,20-,21-,22+/m0/s1. The third-order valence-electron chi connectivity index (χ3n) is 8.79. The van der Waals surface area contributed by atoms with Crippen molar-refractivity contribution in [3.63, 3.8) is 0 Å². The first-order chi connectivity index (χ1) is 12.3. The zero-order valence-electron chi connectivity index (χ0n) is 15.7. The summed E-state index contributed by atoms with van der Waals surface area (Å²) in [5.41, 5.74) is 0.425. The Balaban J connectivity index is 1.58. The van der Waals surface area contributed by atoms with Gasteiger partial charge in [0.1, 0.15) is 5.60 Å². The molecule has 2 saturated carbocycles. The minimum Gasteiger partial charge on any atom is -0.458 e. The van der Waals surface area contributed by atoms with Crippen molar-refractivity contribution in [2.75, 3.05) is 0 Å². The highest BCUT2D eigenvalue weighted by Crippen LogP contribution is 2.68. The maximum atomic E-state index is 11.9. The van der Waals surface area contributed by atoms with E-state index < -0.39 is 6.10 Å². The zero-order chi connectivity index (χ0) is 18.3. The number of allylic oxidation sites excluding steroid dienone is 4. The molecular weight excluding hydrogens is 328 g/mol. The van der Waals surface area contributed by atoms with Crippen molar-refractivity contribution < 1.29 is 19.4 Å². The fraction of sp³-hybridized carbons (Fsp3) is 0.727. The molecule has 0 aromatic carbocycles. The van der Waals surface area contributed by atoms with Crippen LogP contribution in [0.25, 0.3) is 0 Å². The molecule has 26 heavy (non-hydrogen) atoms. The van der Waals surface area contributed by atoms with Crippen molar-refractivity contribution >= 4 is 11.8 Å². The summed E-state index contributed by atoms with van der Waals surface area (Å²) in [6.07, 6.45) is 11.1. The van der Waals surface area contributed by atoms with Crippen molar-refractivity contribution in [1.29, 1.82) is 0 Å². The maximum Gasteiger partial charge on any atom is 0.306 e. The molecule has 1 heterocycles. The Morgan fingerprint density at radius 1 is 1.15 bits per heavy atom. The van der Waals surface area contributed by atoms with Gasteiger partial charge in [-0.15, -0.1) is 0 Å². The van der Waals surface area contributed by atoms with Crippen LogP contribution in [0, 0.1) is 28.6 Å². The van der Waals surface area contributed by atoms with Crippen molar-refractivity contribution in [1.82, 2.24) is 0 Å². The summed E-state index contributed by atoms with van der Waals surface area (Å²) in [7, 11) is 0. The number of rotatable bonds is 0. The molecule has 1 unspecified atom stereocenters. The van der Waals surface area contributed by atoms with Crippen LogP contribution in [0.4, 0.5) is 0 Å². The normalized spacial score (nSPS) is 52.3. The molecule has 1 saturated heterocycles. The van der Waals surface area contributed by atoms with E-state index in [-0.39, 0.29) is 40.0 Å². The van der Waals surface area contributed by atoms with Gasteiger partial charge in [0.15, 0.2) is 5.78 Å². The van der Waals surface area contributed by atoms with Gasteiger partial charge >= 0.3 is 5.97 Å². The van der Waals surface area contributed by atoms with Gasteiger partial charge in [-0.2, -0.15) is 0 Å². The van der Waals surface area contributed by atoms with Crippen molar-refractivity contribution in [2.45, 2.75) is 70.5 Å². The van der Waals surface area contributed by atoms with Gasteiger partial charge in [0.05, 0.1) is 6.10 Å². The molecule has 0 aromatic rings. The molecule has 5 rings (SSSR count). The smallest absolute Gasteiger partial charge is 0.306 e. The maximum absolute atomic E-state index is 11.9. The molecule has 1 aliphatic heterocycles. The number of hydrogen-bond acceptors (Lipinski definition) is 4. The predicted octanol–water partition coefficient (Wildman–Crippen LogP) is 3.34. The molecule has 0 radical (unpaired) electrons. The van der Waals surface area contributed by atoms with E-state index in [1.165, 1.54) is 0 Å². The van der Waals surface area contributed by atoms with E-state index in [1.807, 2.05) is 0 Å². The Labute approximate surface area is 154 Å². The monoisotopic (exact) mass is 356 g/mol. The quantitative estimate of drug-likeness (QED) is 0.676. The van der Waals surface area contributed by atoms with Crippen molar-refractivity contribution in [3.8, 4) is 0 Å². The number of carbonyl (C=O) groups excluding carboxylic acids is 2. The van der Waals surface area contributed by atoms with E-state index in [4.69, 9.17) is 4.74 Å².